The first-order chi connectivity index (χ1) is 8.86. The number of aryl methyl sites for hydroxylation is 2. The molecule has 0 atom stereocenters. The molecule has 1 heteroatoms. The van der Waals surface area contributed by atoms with Crippen LogP contribution in [0.5, 0.6) is 0 Å². The molecular weight excluding hydrogens is 230 g/mol. The Balaban J connectivity index is 2.22. The largest absolute Gasteiger partial charge is 0.355 e. The first-order valence-corrected chi connectivity index (χ1v) is 6.81. The highest BCUT2D eigenvalue weighted by Crippen LogP contribution is 2.26. The van der Waals surface area contributed by atoms with Crippen molar-refractivity contribution in [1.82, 2.24) is 0 Å². The normalized spacial score (nSPS) is 11.4. The summed E-state index contributed by atoms with van der Waals surface area (Å²) in [6, 6.07) is 15.2. The van der Waals surface area contributed by atoms with Crippen LogP contribution in [0.25, 0.3) is 0 Å². The minimum absolute atomic E-state index is 0.206. The lowest BCUT2D eigenvalue weighted by molar-refractivity contribution is 0.590. The molecule has 0 aliphatic rings. The number of benzene rings is 2. The van der Waals surface area contributed by atoms with E-state index in [1.54, 1.807) is 0 Å². The molecular formula is C18H23N. The van der Waals surface area contributed by atoms with Gasteiger partial charge in [-0.3, -0.25) is 0 Å². The summed E-state index contributed by atoms with van der Waals surface area (Å²) in [4.78, 5) is 0. The topological polar surface area (TPSA) is 12.0 Å². The van der Waals surface area contributed by atoms with E-state index in [9.17, 15) is 0 Å². The van der Waals surface area contributed by atoms with Gasteiger partial charge in [-0.25, -0.2) is 0 Å². The minimum atomic E-state index is 0.206. The van der Waals surface area contributed by atoms with Gasteiger partial charge in [-0.2, -0.15) is 0 Å². The summed E-state index contributed by atoms with van der Waals surface area (Å²) in [5.41, 5.74) is 6.44. The highest BCUT2D eigenvalue weighted by Gasteiger charge is 2.12. The molecule has 0 bridgehead atoms. The van der Waals surface area contributed by atoms with Gasteiger partial charge in [0, 0.05) is 11.4 Å². The Morgan fingerprint density at radius 2 is 1.47 bits per heavy atom. The Morgan fingerprint density at radius 3 is 2.05 bits per heavy atom. The van der Waals surface area contributed by atoms with Gasteiger partial charge in [0.05, 0.1) is 0 Å². The van der Waals surface area contributed by atoms with E-state index in [0.717, 1.165) is 5.69 Å². The lowest BCUT2D eigenvalue weighted by atomic mass is 9.87. The van der Waals surface area contributed by atoms with Gasteiger partial charge in [0.25, 0.3) is 0 Å². The Kier molecular flexibility index (Phi) is 3.66. The molecule has 19 heavy (non-hydrogen) atoms. The predicted octanol–water partition coefficient (Wildman–Crippen LogP) is 5.34. The Morgan fingerprint density at radius 1 is 0.842 bits per heavy atom. The molecule has 0 aromatic heterocycles. The summed E-state index contributed by atoms with van der Waals surface area (Å²) >= 11 is 0. The van der Waals surface area contributed by atoms with E-state index in [1.807, 2.05) is 0 Å². The average Bonchev–Trinajstić information content (AvgIpc) is 2.33. The van der Waals surface area contributed by atoms with Gasteiger partial charge in [0.15, 0.2) is 0 Å². The summed E-state index contributed by atoms with van der Waals surface area (Å²) in [6.45, 7) is 11.0. The third-order valence-corrected chi connectivity index (χ3v) is 3.42. The van der Waals surface area contributed by atoms with Gasteiger partial charge in [0.1, 0.15) is 0 Å². The maximum Gasteiger partial charge on any atom is 0.0416 e. The molecule has 0 radical (unpaired) electrons. The van der Waals surface area contributed by atoms with Gasteiger partial charge in [-0.1, -0.05) is 45.0 Å². The average molecular weight is 253 g/mol. The van der Waals surface area contributed by atoms with Gasteiger partial charge in [-0.15, -0.1) is 0 Å². The van der Waals surface area contributed by atoms with Crippen molar-refractivity contribution in [2.75, 3.05) is 5.32 Å². The summed E-state index contributed by atoms with van der Waals surface area (Å²) in [6.07, 6.45) is 0. The quantitative estimate of drug-likeness (QED) is 0.761. The molecule has 0 fully saturated rings. The van der Waals surface area contributed by atoms with Crippen molar-refractivity contribution in [3.05, 3.63) is 59.2 Å². The molecule has 0 aliphatic carbocycles. The molecule has 0 saturated carbocycles. The van der Waals surface area contributed by atoms with Gasteiger partial charge in [0.2, 0.25) is 0 Å². The van der Waals surface area contributed by atoms with Crippen LogP contribution in [-0.4, -0.2) is 0 Å². The van der Waals surface area contributed by atoms with Crippen molar-refractivity contribution in [2.24, 2.45) is 0 Å². The van der Waals surface area contributed by atoms with E-state index in [0.29, 0.717) is 0 Å². The van der Waals surface area contributed by atoms with Crippen LogP contribution in [0.15, 0.2) is 42.5 Å². The molecule has 0 amide bonds. The highest BCUT2D eigenvalue weighted by atomic mass is 14.9. The van der Waals surface area contributed by atoms with Crippen LogP contribution in [0, 0.1) is 13.8 Å². The van der Waals surface area contributed by atoms with Gasteiger partial charge in [-0.05, 0) is 54.2 Å². The van der Waals surface area contributed by atoms with Gasteiger partial charge >= 0.3 is 0 Å². The maximum absolute atomic E-state index is 3.49. The van der Waals surface area contributed by atoms with E-state index in [1.165, 1.54) is 22.4 Å². The molecule has 0 saturated heterocycles. The molecule has 2 rings (SSSR count). The second-order valence-corrected chi connectivity index (χ2v) is 6.27. The van der Waals surface area contributed by atoms with E-state index in [-0.39, 0.29) is 5.41 Å². The Bertz CT molecular complexity index is 559. The first-order valence-electron chi connectivity index (χ1n) is 6.81. The van der Waals surface area contributed by atoms with Crippen LogP contribution in [0.3, 0.4) is 0 Å². The molecule has 2 aromatic rings. The number of hydrogen-bond acceptors (Lipinski definition) is 1. The fourth-order valence-electron chi connectivity index (χ4n) is 2.08. The third-order valence-electron chi connectivity index (χ3n) is 3.42. The SMILES string of the molecule is Cc1ccc(C)c(Nc2ccc(C(C)(C)C)cc2)c1. The molecule has 100 valence electrons. The van der Waals surface area contributed by atoms with Crippen LogP contribution in [0.1, 0.15) is 37.5 Å². The fourth-order valence-corrected chi connectivity index (χ4v) is 2.08. The Hall–Kier alpha value is -1.76. The summed E-state index contributed by atoms with van der Waals surface area (Å²) in [5, 5.41) is 3.49. The van der Waals surface area contributed by atoms with Crippen LogP contribution in [-0.2, 0) is 5.41 Å². The molecule has 0 heterocycles. The maximum atomic E-state index is 3.49. The van der Waals surface area contributed by atoms with Crippen LogP contribution >= 0.6 is 0 Å². The first kappa shape index (κ1) is 13.7. The smallest absolute Gasteiger partial charge is 0.0416 e. The van der Waals surface area contributed by atoms with E-state index in [4.69, 9.17) is 0 Å². The van der Waals surface area contributed by atoms with Crippen molar-refractivity contribution in [1.29, 1.82) is 0 Å². The molecule has 1 nitrogen and oxygen atoms in total. The number of anilines is 2. The summed E-state index contributed by atoms with van der Waals surface area (Å²) < 4.78 is 0. The van der Waals surface area contributed by atoms with Crippen LogP contribution < -0.4 is 5.32 Å². The molecule has 0 unspecified atom stereocenters. The van der Waals surface area contributed by atoms with E-state index >= 15 is 0 Å². The fraction of sp³-hybridized carbons (Fsp3) is 0.333. The zero-order chi connectivity index (χ0) is 14.0. The van der Waals surface area contributed by atoms with Crippen molar-refractivity contribution >= 4 is 11.4 Å². The second kappa shape index (κ2) is 5.08. The van der Waals surface area contributed by atoms with Gasteiger partial charge < -0.3 is 5.32 Å². The highest BCUT2D eigenvalue weighted by molar-refractivity contribution is 5.64. The number of rotatable bonds is 2. The van der Waals surface area contributed by atoms with Crippen molar-refractivity contribution in [3.63, 3.8) is 0 Å². The predicted molar refractivity (Wildman–Crippen MR) is 84.3 cm³/mol. The molecule has 2 aromatic carbocycles. The van der Waals surface area contributed by atoms with Crippen molar-refractivity contribution < 1.29 is 0 Å². The standard InChI is InChI=1S/C18H23N/c1-13-6-7-14(2)17(12-13)19-16-10-8-15(9-11-16)18(3,4)5/h6-12,19H,1-5H3. The molecule has 1 N–H and O–H groups in total. The second-order valence-electron chi connectivity index (χ2n) is 6.27. The third kappa shape index (κ3) is 3.37. The number of nitrogens with one attached hydrogen (secondary N) is 1. The molecule has 0 spiro atoms. The number of hydrogen-bond donors (Lipinski definition) is 1. The van der Waals surface area contributed by atoms with E-state index in [2.05, 4.69) is 82.4 Å². The molecule has 0 aliphatic heterocycles. The summed E-state index contributed by atoms with van der Waals surface area (Å²) in [7, 11) is 0. The van der Waals surface area contributed by atoms with Crippen molar-refractivity contribution in [2.45, 2.75) is 40.0 Å². The zero-order valence-electron chi connectivity index (χ0n) is 12.5. The lowest BCUT2D eigenvalue weighted by Crippen LogP contribution is -2.10. The zero-order valence-corrected chi connectivity index (χ0v) is 12.5. The van der Waals surface area contributed by atoms with E-state index < -0.39 is 0 Å². The van der Waals surface area contributed by atoms with Crippen molar-refractivity contribution in [3.8, 4) is 0 Å². The van der Waals surface area contributed by atoms with Crippen LogP contribution in [0.2, 0.25) is 0 Å². The lowest BCUT2D eigenvalue weighted by Gasteiger charge is -2.19. The Labute approximate surface area is 116 Å². The summed E-state index contributed by atoms with van der Waals surface area (Å²) in [5.74, 6) is 0. The minimum Gasteiger partial charge on any atom is -0.355 e. The van der Waals surface area contributed by atoms with Crippen LogP contribution in [0.4, 0.5) is 11.4 Å². The monoisotopic (exact) mass is 253 g/mol.